The molecule has 0 radical (unpaired) electrons. The predicted molar refractivity (Wildman–Crippen MR) is 144 cm³/mol. The van der Waals surface area contributed by atoms with Crippen LogP contribution in [0.3, 0.4) is 0 Å². The zero-order chi connectivity index (χ0) is 25.2. The molecular formula is C29H41N3O3S. The smallest absolute Gasteiger partial charge is 0.240 e. The van der Waals surface area contributed by atoms with Crippen molar-refractivity contribution >= 4 is 15.9 Å². The van der Waals surface area contributed by atoms with Crippen LogP contribution in [0.2, 0.25) is 0 Å². The van der Waals surface area contributed by atoms with E-state index in [4.69, 9.17) is 0 Å². The molecule has 2 fully saturated rings. The third-order valence-electron chi connectivity index (χ3n) is 7.86. The number of sulfonamides is 1. The summed E-state index contributed by atoms with van der Waals surface area (Å²) in [6, 6.07) is 19.3. The Hall–Kier alpha value is -2.22. The zero-order valence-corrected chi connectivity index (χ0v) is 22.1. The number of carbonyl (C=O) groups excluding carboxylic acids is 1. The molecule has 1 aliphatic carbocycles. The summed E-state index contributed by atoms with van der Waals surface area (Å²) in [7, 11) is -3.46. The molecule has 36 heavy (non-hydrogen) atoms. The summed E-state index contributed by atoms with van der Waals surface area (Å²) < 4.78 is 27.6. The molecule has 1 saturated carbocycles. The van der Waals surface area contributed by atoms with E-state index in [0.717, 1.165) is 64.2 Å². The van der Waals surface area contributed by atoms with Gasteiger partial charge in [0.15, 0.2) is 0 Å². The predicted octanol–water partition coefficient (Wildman–Crippen LogP) is 4.23. The van der Waals surface area contributed by atoms with Crippen LogP contribution in [-0.4, -0.2) is 51.9 Å². The lowest BCUT2D eigenvalue weighted by Crippen LogP contribution is -2.38. The summed E-state index contributed by atoms with van der Waals surface area (Å²) in [5.41, 5.74) is 1.45. The quantitative estimate of drug-likeness (QED) is 0.443. The Morgan fingerprint density at radius 2 is 1.47 bits per heavy atom. The summed E-state index contributed by atoms with van der Waals surface area (Å²) in [6.45, 7) is 4.53. The highest BCUT2D eigenvalue weighted by Gasteiger charge is 2.27. The lowest BCUT2D eigenvalue weighted by Gasteiger charge is -2.32. The van der Waals surface area contributed by atoms with E-state index in [-0.39, 0.29) is 17.7 Å². The molecule has 0 bridgehead atoms. The highest BCUT2D eigenvalue weighted by Crippen LogP contribution is 2.29. The van der Waals surface area contributed by atoms with Crippen molar-refractivity contribution in [3.05, 3.63) is 66.2 Å². The number of nitrogens with zero attached hydrogens (tertiary/aromatic N) is 1. The molecule has 4 rings (SSSR count). The average molecular weight is 512 g/mol. The molecule has 1 aliphatic heterocycles. The van der Waals surface area contributed by atoms with Gasteiger partial charge in [-0.25, -0.2) is 13.1 Å². The normalized spacial score (nSPS) is 21.8. The third kappa shape index (κ3) is 8.15. The van der Waals surface area contributed by atoms with Crippen LogP contribution in [-0.2, 0) is 21.2 Å². The van der Waals surface area contributed by atoms with E-state index < -0.39 is 10.0 Å². The van der Waals surface area contributed by atoms with Crippen LogP contribution in [0.25, 0.3) is 0 Å². The van der Waals surface area contributed by atoms with Crippen LogP contribution in [0.5, 0.6) is 0 Å². The monoisotopic (exact) mass is 511 g/mol. The fourth-order valence-electron chi connectivity index (χ4n) is 5.56. The van der Waals surface area contributed by atoms with Gasteiger partial charge in [0.25, 0.3) is 0 Å². The Labute approximate surface area is 216 Å². The lowest BCUT2D eigenvalue weighted by molar-refractivity contribution is -0.126. The standard InChI is InChI=1S/C29H41N3O3S/c33-29(27-14-12-26(13-15-27)23-31-36(34,35)28-10-5-2-6-11-28)30-18-7-19-32-20-16-25(17-21-32)22-24-8-3-1-4-9-24/h1-6,8-11,25-27,31H,7,12-23H2,(H,30,33). The van der Waals surface area contributed by atoms with E-state index in [1.54, 1.807) is 30.3 Å². The SMILES string of the molecule is O=C(NCCCN1CCC(Cc2ccccc2)CC1)C1CCC(CNS(=O)(=O)c2ccccc2)CC1. The molecule has 0 unspecified atom stereocenters. The van der Waals surface area contributed by atoms with Crippen LogP contribution in [0, 0.1) is 17.8 Å². The molecule has 196 valence electrons. The van der Waals surface area contributed by atoms with Crippen LogP contribution < -0.4 is 10.0 Å². The van der Waals surface area contributed by atoms with Crippen LogP contribution in [0.1, 0.15) is 50.5 Å². The first-order valence-electron chi connectivity index (χ1n) is 13.6. The van der Waals surface area contributed by atoms with E-state index in [1.807, 2.05) is 0 Å². The van der Waals surface area contributed by atoms with Gasteiger partial charge < -0.3 is 10.2 Å². The first-order chi connectivity index (χ1) is 17.5. The first-order valence-corrected chi connectivity index (χ1v) is 15.1. The summed E-state index contributed by atoms with van der Waals surface area (Å²) in [5.74, 6) is 1.30. The molecule has 7 heteroatoms. The molecule has 6 nitrogen and oxygen atoms in total. The lowest BCUT2D eigenvalue weighted by atomic mass is 9.81. The van der Waals surface area contributed by atoms with E-state index in [2.05, 4.69) is 45.3 Å². The number of hydrogen-bond acceptors (Lipinski definition) is 4. The number of piperidine rings is 1. The molecule has 2 aromatic rings. The largest absolute Gasteiger partial charge is 0.356 e. The number of rotatable bonds is 11. The van der Waals surface area contributed by atoms with E-state index in [9.17, 15) is 13.2 Å². The number of benzene rings is 2. The van der Waals surface area contributed by atoms with Gasteiger partial charge in [0.1, 0.15) is 0 Å². The second kappa shape index (κ2) is 13.4. The van der Waals surface area contributed by atoms with Crippen LogP contribution in [0.15, 0.2) is 65.6 Å². The van der Waals surface area contributed by atoms with Crippen molar-refractivity contribution in [3.8, 4) is 0 Å². The number of hydrogen-bond donors (Lipinski definition) is 2. The van der Waals surface area contributed by atoms with Gasteiger partial charge in [-0.2, -0.15) is 0 Å². The van der Waals surface area contributed by atoms with E-state index >= 15 is 0 Å². The molecular weight excluding hydrogens is 470 g/mol. The Balaban J connectivity index is 1.06. The van der Waals surface area contributed by atoms with Crippen molar-refractivity contribution in [2.45, 2.75) is 56.3 Å². The Morgan fingerprint density at radius 1 is 0.833 bits per heavy atom. The minimum atomic E-state index is -3.46. The number of likely N-dealkylation sites (tertiary alicyclic amines) is 1. The topological polar surface area (TPSA) is 78.5 Å². The maximum absolute atomic E-state index is 12.6. The minimum absolute atomic E-state index is 0.0562. The van der Waals surface area contributed by atoms with Crippen LogP contribution >= 0.6 is 0 Å². The molecule has 1 saturated heterocycles. The summed E-state index contributed by atoms with van der Waals surface area (Å²) in [4.78, 5) is 15.5. The van der Waals surface area contributed by atoms with Crippen molar-refractivity contribution in [2.75, 3.05) is 32.7 Å². The van der Waals surface area contributed by atoms with Crippen molar-refractivity contribution in [1.82, 2.24) is 14.9 Å². The number of amides is 1. The fraction of sp³-hybridized carbons (Fsp3) is 0.552. The average Bonchev–Trinajstić information content (AvgIpc) is 2.92. The van der Waals surface area contributed by atoms with Gasteiger partial charge in [-0.05, 0) is 101 Å². The maximum atomic E-state index is 12.6. The molecule has 1 amide bonds. The number of carbonyl (C=O) groups is 1. The Morgan fingerprint density at radius 3 is 2.14 bits per heavy atom. The summed E-state index contributed by atoms with van der Waals surface area (Å²) in [6.07, 6.45) is 8.12. The van der Waals surface area contributed by atoms with Crippen LogP contribution in [0.4, 0.5) is 0 Å². The van der Waals surface area contributed by atoms with Gasteiger partial charge >= 0.3 is 0 Å². The van der Waals surface area contributed by atoms with Crippen molar-refractivity contribution in [1.29, 1.82) is 0 Å². The molecule has 0 atom stereocenters. The van der Waals surface area contributed by atoms with E-state index in [1.165, 1.54) is 24.8 Å². The molecule has 2 aromatic carbocycles. The van der Waals surface area contributed by atoms with Gasteiger partial charge in [0.05, 0.1) is 4.90 Å². The van der Waals surface area contributed by atoms with Crippen molar-refractivity contribution in [2.24, 2.45) is 17.8 Å². The van der Waals surface area contributed by atoms with Gasteiger partial charge in [-0.1, -0.05) is 48.5 Å². The zero-order valence-electron chi connectivity index (χ0n) is 21.3. The van der Waals surface area contributed by atoms with Crippen molar-refractivity contribution in [3.63, 3.8) is 0 Å². The minimum Gasteiger partial charge on any atom is -0.356 e. The Bertz CT molecular complexity index is 1030. The molecule has 0 spiro atoms. The van der Waals surface area contributed by atoms with Gasteiger partial charge in [-0.3, -0.25) is 4.79 Å². The van der Waals surface area contributed by atoms with Crippen molar-refractivity contribution < 1.29 is 13.2 Å². The van der Waals surface area contributed by atoms with Gasteiger partial charge in [0.2, 0.25) is 15.9 Å². The van der Waals surface area contributed by atoms with Gasteiger partial charge in [0, 0.05) is 19.0 Å². The molecule has 1 heterocycles. The first kappa shape index (κ1) is 26.8. The Kier molecular flexibility index (Phi) is 9.96. The second-order valence-electron chi connectivity index (χ2n) is 10.5. The second-order valence-corrected chi connectivity index (χ2v) is 12.3. The van der Waals surface area contributed by atoms with E-state index in [0.29, 0.717) is 11.4 Å². The fourth-order valence-corrected chi connectivity index (χ4v) is 6.70. The highest BCUT2D eigenvalue weighted by atomic mass is 32.2. The third-order valence-corrected chi connectivity index (χ3v) is 9.30. The molecule has 2 aliphatic rings. The molecule has 2 N–H and O–H groups in total. The highest BCUT2D eigenvalue weighted by molar-refractivity contribution is 7.89. The van der Waals surface area contributed by atoms with Gasteiger partial charge in [-0.15, -0.1) is 0 Å². The summed E-state index contributed by atoms with van der Waals surface area (Å²) >= 11 is 0. The maximum Gasteiger partial charge on any atom is 0.240 e. The number of nitrogens with one attached hydrogen (secondary N) is 2. The molecule has 0 aromatic heterocycles. The summed E-state index contributed by atoms with van der Waals surface area (Å²) in [5, 5.41) is 3.15.